The molecular weight excluding hydrogens is 412 g/mol. The molecule has 1 atom stereocenters. The molecule has 0 aromatic heterocycles. The Labute approximate surface area is 183 Å². The van der Waals surface area contributed by atoms with E-state index < -0.39 is 16.1 Å². The van der Waals surface area contributed by atoms with Gasteiger partial charge in [-0.2, -0.15) is 0 Å². The lowest BCUT2D eigenvalue weighted by Gasteiger charge is -2.18. The summed E-state index contributed by atoms with van der Waals surface area (Å²) in [6.07, 6.45) is -0.166. The van der Waals surface area contributed by atoms with E-state index in [1.54, 1.807) is 24.3 Å². The van der Waals surface area contributed by atoms with Crippen molar-refractivity contribution in [2.45, 2.75) is 38.2 Å². The van der Waals surface area contributed by atoms with Crippen molar-refractivity contribution in [3.63, 3.8) is 0 Å². The standard InChI is InChI=1S/C24H26N2O4S/c1-4-22(30-23-8-6-5-7-18(23)3)24(27)25-19-13-15-21(16-14-19)31(28,29)26-20-11-9-17(2)10-12-20/h5-16,22,26H,4H2,1-3H3,(H,25,27)/t22-/m0/s1. The number of para-hydroxylation sites is 1. The van der Waals surface area contributed by atoms with Gasteiger partial charge in [0.2, 0.25) is 0 Å². The van der Waals surface area contributed by atoms with Gasteiger partial charge in [0.05, 0.1) is 4.90 Å². The van der Waals surface area contributed by atoms with Gasteiger partial charge in [-0.1, -0.05) is 42.8 Å². The molecule has 31 heavy (non-hydrogen) atoms. The van der Waals surface area contributed by atoms with Crippen LogP contribution in [-0.2, 0) is 14.8 Å². The van der Waals surface area contributed by atoms with Crippen LogP contribution in [0.15, 0.2) is 77.7 Å². The number of carbonyl (C=O) groups excluding carboxylic acids is 1. The topological polar surface area (TPSA) is 84.5 Å². The zero-order chi connectivity index (χ0) is 22.4. The number of anilines is 2. The fraction of sp³-hybridized carbons (Fsp3) is 0.208. The molecule has 1 amide bonds. The van der Waals surface area contributed by atoms with E-state index in [2.05, 4.69) is 10.0 Å². The quantitative estimate of drug-likeness (QED) is 0.524. The molecule has 0 aliphatic carbocycles. The van der Waals surface area contributed by atoms with Crippen LogP contribution in [0.5, 0.6) is 5.75 Å². The first-order chi connectivity index (χ1) is 14.8. The molecule has 7 heteroatoms. The third-order valence-electron chi connectivity index (χ3n) is 4.76. The molecule has 0 saturated heterocycles. The zero-order valence-corrected chi connectivity index (χ0v) is 18.6. The van der Waals surface area contributed by atoms with Crippen molar-refractivity contribution in [1.29, 1.82) is 0 Å². The highest BCUT2D eigenvalue weighted by Crippen LogP contribution is 2.21. The molecular formula is C24H26N2O4S. The molecule has 0 unspecified atom stereocenters. The second-order valence-electron chi connectivity index (χ2n) is 7.27. The molecule has 0 heterocycles. The van der Waals surface area contributed by atoms with Gasteiger partial charge in [-0.3, -0.25) is 9.52 Å². The summed E-state index contributed by atoms with van der Waals surface area (Å²) in [5.74, 6) is 0.368. The molecule has 3 aromatic rings. The van der Waals surface area contributed by atoms with Crippen LogP contribution in [-0.4, -0.2) is 20.4 Å². The van der Waals surface area contributed by atoms with Crippen LogP contribution in [0.1, 0.15) is 24.5 Å². The molecule has 0 aliphatic heterocycles. The summed E-state index contributed by atoms with van der Waals surface area (Å²) in [7, 11) is -3.73. The van der Waals surface area contributed by atoms with Crippen molar-refractivity contribution in [3.8, 4) is 5.75 Å². The van der Waals surface area contributed by atoms with Gasteiger partial charge in [0, 0.05) is 11.4 Å². The van der Waals surface area contributed by atoms with Crippen molar-refractivity contribution in [1.82, 2.24) is 0 Å². The Morgan fingerprint density at radius 3 is 2.13 bits per heavy atom. The molecule has 0 saturated carbocycles. The number of amides is 1. The normalized spacial score (nSPS) is 12.1. The molecule has 0 spiro atoms. The highest BCUT2D eigenvalue weighted by molar-refractivity contribution is 7.92. The molecule has 6 nitrogen and oxygen atoms in total. The SMILES string of the molecule is CC[C@H](Oc1ccccc1C)C(=O)Nc1ccc(S(=O)(=O)Nc2ccc(C)cc2)cc1. The molecule has 0 bridgehead atoms. The second-order valence-corrected chi connectivity index (χ2v) is 8.95. The number of aryl methyl sites for hydroxylation is 2. The number of rotatable bonds is 8. The summed E-state index contributed by atoms with van der Waals surface area (Å²) in [6.45, 7) is 5.72. The highest BCUT2D eigenvalue weighted by atomic mass is 32.2. The third kappa shape index (κ3) is 5.86. The first kappa shape index (κ1) is 22.4. The first-order valence-corrected chi connectivity index (χ1v) is 11.5. The Morgan fingerprint density at radius 1 is 0.903 bits per heavy atom. The third-order valence-corrected chi connectivity index (χ3v) is 6.16. The van der Waals surface area contributed by atoms with E-state index >= 15 is 0 Å². The number of carbonyl (C=O) groups is 1. The summed E-state index contributed by atoms with van der Waals surface area (Å²) in [5, 5.41) is 2.79. The van der Waals surface area contributed by atoms with Gasteiger partial charge in [-0.25, -0.2) is 8.42 Å². The lowest BCUT2D eigenvalue weighted by atomic mass is 10.2. The lowest BCUT2D eigenvalue weighted by Crippen LogP contribution is -2.32. The van der Waals surface area contributed by atoms with E-state index in [1.165, 1.54) is 12.1 Å². The van der Waals surface area contributed by atoms with Gasteiger partial charge in [0.15, 0.2) is 6.10 Å². The van der Waals surface area contributed by atoms with Crippen LogP contribution in [0, 0.1) is 13.8 Å². The maximum absolute atomic E-state index is 12.6. The van der Waals surface area contributed by atoms with E-state index in [-0.39, 0.29) is 10.8 Å². The average Bonchev–Trinajstić information content (AvgIpc) is 2.75. The number of hydrogen-bond acceptors (Lipinski definition) is 4. The molecule has 0 aliphatic rings. The van der Waals surface area contributed by atoms with E-state index in [0.29, 0.717) is 23.5 Å². The van der Waals surface area contributed by atoms with Crippen LogP contribution in [0.25, 0.3) is 0 Å². The Bertz CT molecular complexity index is 1140. The summed E-state index contributed by atoms with van der Waals surface area (Å²) in [4.78, 5) is 12.7. The number of hydrogen-bond donors (Lipinski definition) is 2. The maximum Gasteiger partial charge on any atom is 0.265 e. The first-order valence-electron chi connectivity index (χ1n) is 10.0. The van der Waals surface area contributed by atoms with Crippen molar-refractivity contribution >= 4 is 27.3 Å². The van der Waals surface area contributed by atoms with E-state index in [4.69, 9.17) is 4.74 Å². The Hall–Kier alpha value is -3.32. The van der Waals surface area contributed by atoms with Crippen LogP contribution < -0.4 is 14.8 Å². The number of ether oxygens (including phenoxy) is 1. The van der Waals surface area contributed by atoms with Gasteiger partial charge in [-0.15, -0.1) is 0 Å². The van der Waals surface area contributed by atoms with Crippen molar-refractivity contribution in [3.05, 3.63) is 83.9 Å². The summed E-state index contributed by atoms with van der Waals surface area (Å²) in [6, 6.07) is 20.6. The Kier molecular flexibility index (Phi) is 6.97. The molecule has 3 rings (SSSR count). The number of sulfonamides is 1. The fourth-order valence-electron chi connectivity index (χ4n) is 2.94. The molecule has 0 fully saturated rings. The summed E-state index contributed by atoms with van der Waals surface area (Å²) >= 11 is 0. The average molecular weight is 439 g/mol. The highest BCUT2D eigenvalue weighted by Gasteiger charge is 2.20. The van der Waals surface area contributed by atoms with Crippen molar-refractivity contribution in [2.75, 3.05) is 10.0 Å². The molecule has 2 N–H and O–H groups in total. The summed E-state index contributed by atoms with van der Waals surface area (Å²) in [5.41, 5.74) is 2.97. The lowest BCUT2D eigenvalue weighted by molar-refractivity contribution is -0.122. The molecule has 162 valence electrons. The van der Waals surface area contributed by atoms with Gasteiger partial charge in [0.25, 0.3) is 15.9 Å². The minimum absolute atomic E-state index is 0.106. The van der Waals surface area contributed by atoms with Crippen LogP contribution >= 0.6 is 0 Å². The Morgan fingerprint density at radius 2 is 1.52 bits per heavy atom. The largest absolute Gasteiger partial charge is 0.480 e. The zero-order valence-electron chi connectivity index (χ0n) is 17.8. The monoisotopic (exact) mass is 438 g/mol. The predicted molar refractivity (Wildman–Crippen MR) is 123 cm³/mol. The van der Waals surface area contributed by atoms with Crippen LogP contribution in [0.4, 0.5) is 11.4 Å². The minimum atomic E-state index is -3.73. The molecule has 0 radical (unpaired) electrons. The fourth-order valence-corrected chi connectivity index (χ4v) is 4.00. The smallest absolute Gasteiger partial charge is 0.265 e. The van der Waals surface area contributed by atoms with Crippen LogP contribution in [0.3, 0.4) is 0 Å². The van der Waals surface area contributed by atoms with Crippen molar-refractivity contribution in [2.24, 2.45) is 0 Å². The van der Waals surface area contributed by atoms with E-state index in [0.717, 1.165) is 11.1 Å². The predicted octanol–water partition coefficient (Wildman–Crippen LogP) is 4.90. The van der Waals surface area contributed by atoms with E-state index in [1.807, 2.05) is 57.2 Å². The van der Waals surface area contributed by atoms with Gasteiger partial charge in [-0.05, 0) is 68.3 Å². The van der Waals surface area contributed by atoms with Gasteiger partial charge >= 0.3 is 0 Å². The van der Waals surface area contributed by atoms with E-state index in [9.17, 15) is 13.2 Å². The van der Waals surface area contributed by atoms with Gasteiger partial charge < -0.3 is 10.1 Å². The summed E-state index contributed by atoms with van der Waals surface area (Å²) < 4.78 is 33.6. The van der Waals surface area contributed by atoms with Gasteiger partial charge in [0.1, 0.15) is 5.75 Å². The number of nitrogens with one attached hydrogen (secondary N) is 2. The van der Waals surface area contributed by atoms with Crippen molar-refractivity contribution < 1.29 is 17.9 Å². The Balaban J connectivity index is 1.67. The molecule has 3 aromatic carbocycles. The second kappa shape index (κ2) is 9.66. The van der Waals surface area contributed by atoms with Crippen LogP contribution in [0.2, 0.25) is 0 Å². The minimum Gasteiger partial charge on any atom is -0.480 e. The maximum atomic E-state index is 12.6. The number of benzene rings is 3.